The summed E-state index contributed by atoms with van der Waals surface area (Å²) in [6, 6.07) is 15.9. The number of carbonyl (C=O) groups excluding carboxylic acids is 1. The van der Waals surface area contributed by atoms with Crippen LogP contribution in [0.4, 0.5) is 0 Å². The number of oxazole rings is 1. The van der Waals surface area contributed by atoms with Crippen LogP contribution in [0.25, 0.3) is 11.1 Å². The van der Waals surface area contributed by atoms with E-state index in [1.807, 2.05) is 24.3 Å². The Morgan fingerprint density at radius 2 is 1.92 bits per heavy atom. The van der Waals surface area contributed by atoms with Crippen LogP contribution < -0.4 is 5.32 Å². The molecule has 0 atom stereocenters. The molecular weight excluding hydrogens is 320 g/mol. The molecule has 3 rings (SSSR count). The summed E-state index contributed by atoms with van der Waals surface area (Å²) < 4.78 is 5.59. The van der Waals surface area contributed by atoms with E-state index in [0.29, 0.717) is 17.7 Å². The molecule has 0 fully saturated rings. The number of fused-ring (bicyclic) bond motifs is 1. The van der Waals surface area contributed by atoms with Crippen molar-refractivity contribution in [1.82, 2.24) is 10.3 Å². The van der Waals surface area contributed by atoms with Gasteiger partial charge in [-0.05, 0) is 29.2 Å². The van der Waals surface area contributed by atoms with Gasteiger partial charge >= 0.3 is 0 Å². The van der Waals surface area contributed by atoms with Gasteiger partial charge in [0.15, 0.2) is 5.58 Å². The topological polar surface area (TPSA) is 55.1 Å². The van der Waals surface area contributed by atoms with Crippen molar-refractivity contribution in [1.29, 1.82) is 0 Å². The minimum atomic E-state index is -0.0322. The van der Waals surface area contributed by atoms with Crippen molar-refractivity contribution in [2.24, 2.45) is 0 Å². The largest absolute Gasteiger partial charge is 0.431 e. The van der Waals surface area contributed by atoms with Gasteiger partial charge in [0.25, 0.3) is 5.22 Å². The first-order valence-corrected chi connectivity index (χ1v) is 8.94. The second-order valence-electron chi connectivity index (χ2n) is 5.91. The first kappa shape index (κ1) is 16.6. The molecule has 24 heavy (non-hydrogen) atoms. The number of carbonyl (C=O) groups is 1. The number of para-hydroxylation sites is 2. The Labute approximate surface area is 145 Å². The van der Waals surface area contributed by atoms with E-state index in [-0.39, 0.29) is 11.7 Å². The fraction of sp³-hybridized carbons (Fsp3) is 0.263. The van der Waals surface area contributed by atoms with Gasteiger partial charge < -0.3 is 9.73 Å². The molecule has 0 radical (unpaired) electrons. The summed E-state index contributed by atoms with van der Waals surface area (Å²) in [6.07, 6.45) is 0. The summed E-state index contributed by atoms with van der Waals surface area (Å²) in [5.41, 5.74) is 3.95. The normalized spacial score (nSPS) is 11.1. The number of benzene rings is 2. The van der Waals surface area contributed by atoms with Crippen molar-refractivity contribution in [2.75, 3.05) is 5.75 Å². The van der Waals surface area contributed by atoms with Gasteiger partial charge in [0.1, 0.15) is 5.52 Å². The number of nitrogens with zero attached hydrogens (tertiary/aromatic N) is 1. The zero-order valence-electron chi connectivity index (χ0n) is 13.8. The summed E-state index contributed by atoms with van der Waals surface area (Å²) in [7, 11) is 0. The van der Waals surface area contributed by atoms with Gasteiger partial charge in [-0.1, -0.05) is 62.0 Å². The molecule has 0 bridgehead atoms. The maximum atomic E-state index is 12.0. The molecule has 1 N–H and O–H groups in total. The average Bonchev–Trinajstić information content (AvgIpc) is 3.01. The summed E-state index contributed by atoms with van der Waals surface area (Å²) >= 11 is 1.31. The van der Waals surface area contributed by atoms with Crippen LogP contribution in [0, 0.1) is 0 Å². The standard InChI is InChI=1S/C19H20N2O2S/c1-13(2)15-9-7-14(8-10-15)11-20-18(22)12-24-19-21-16-5-3-4-6-17(16)23-19/h3-10,13H,11-12H2,1-2H3,(H,20,22). The van der Waals surface area contributed by atoms with Gasteiger partial charge in [-0.3, -0.25) is 4.79 Å². The van der Waals surface area contributed by atoms with E-state index in [9.17, 15) is 4.79 Å². The third kappa shape index (κ3) is 4.17. The second-order valence-corrected chi connectivity index (χ2v) is 6.84. The van der Waals surface area contributed by atoms with Crippen LogP contribution >= 0.6 is 11.8 Å². The van der Waals surface area contributed by atoms with E-state index in [2.05, 4.69) is 48.4 Å². The number of rotatable bonds is 6. The highest BCUT2D eigenvalue weighted by molar-refractivity contribution is 7.99. The van der Waals surface area contributed by atoms with Crippen molar-refractivity contribution >= 4 is 28.8 Å². The predicted octanol–water partition coefficient (Wildman–Crippen LogP) is 4.36. The van der Waals surface area contributed by atoms with E-state index in [4.69, 9.17) is 4.42 Å². The molecule has 0 aliphatic carbocycles. The third-order valence-corrected chi connectivity index (χ3v) is 4.57. The SMILES string of the molecule is CC(C)c1ccc(CNC(=O)CSc2nc3ccccc3o2)cc1. The van der Waals surface area contributed by atoms with Crippen LogP contribution in [0.3, 0.4) is 0 Å². The molecule has 1 heterocycles. The van der Waals surface area contributed by atoms with Crippen LogP contribution in [0.15, 0.2) is 58.2 Å². The molecule has 0 spiro atoms. The van der Waals surface area contributed by atoms with Gasteiger partial charge in [0.2, 0.25) is 5.91 Å². The zero-order valence-corrected chi connectivity index (χ0v) is 14.6. The van der Waals surface area contributed by atoms with Crippen LogP contribution in [-0.2, 0) is 11.3 Å². The lowest BCUT2D eigenvalue weighted by molar-refractivity contribution is -0.118. The van der Waals surface area contributed by atoms with E-state index >= 15 is 0 Å². The fourth-order valence-electron chi connectivity index (χ4n) is 2.31. The molecule has 124 valence electrons. The smallest absolute Gasteiger partial charge is 0.257 e. The number of aromatic nitrogens is 1. The number of hydrogen-bond acceptors (Lipinski definition) is 4. The van der Waals surface area contributed by atoms with Crippen LogP contribution in [0.5, 0.6) is 0 Å². The number of thioether (sulfide) groups is 1. The maximum absolute atomic E-state index is 12.0. The number of hydrogen-bond donors (Lipinski definition) is 1. The Morgan fingerprint density at radius 1 is 1.17 bits per heavy atom. The molecule has 2 aromatic carbocycles. The van der Waals surface area contributed by atoms with E-state index in [1.165, 1.54) is 17.3 Å². The Balaban J connectivity index is 1.48. The van der Waals surface area contributed by atoms with Gasteiger partial charge in [-0.25, -0.2) is 4.98 Å². The van der Waals surface area contributed by atoms with Gasteiger partial charge in [-0.15, -0.1) is 0 Å². The Bertz CT molecular complexity index is 792. The molecule has 5 heteroatoms. The van der Waals surface area contributed by atoms with Crippen molar-refractivity contribution in [3.8, 4) is 0 Å². The first-order valence-electron chi connectivity index (χ1n) is 7.96. The highest BCUT2D eigenvalue weighted by atomic mass is 32.2. The third-order valence-electron chi connectivity index (χ3n) is 3.74. The molecule has 0 saturated carbocycles. The minimum absolute atomic E-state index is 0.0322. The van der Waals surface area contributed by atoms with E-state index < -0.39 is 0 Å². The Hall–Kier alpha value is -2.27. The number of nitrogens with one attached hydrogen (secondary N) is 1. The summed E-state index contributed by atoms with van der Waals surface area (Å²) in [6.45, 7) is 4.87. The minimum Gasteiger partial charge on any atom is -0.431 e. The molecule has 0 aliphatic heterocycles. The summed E-state index contributed by atoms with van der Waals surface area (Å²) in [4.78, 5) is 16.3. The quantitative estimate of drug-likeness (QED) is 0.677. The molecule has 4 nitrogen and oxygen atoms in total. The lowest BCUT2D eigenvalue weighted by Gasteiger charge is -2.08. The molecule has 0 unspecified atom stereocenters. The highest BCUT2D eigenvalue weighted by Gasteiger charge is 2.09. The lowest BCUT2D eigenvalue weighted by atomic mass is 10.0. The van der Waals surface area contributed by atoms with Crippen molar-refractivity contribution < 1.29 is 9.21 Å². The average molecular weight is 340 g/mol. The van der Waals surface area contributed by atoms with Crippen molar-refractivity contribution in [2.45, 2.75) is 31.5 Å². The molecule has 0 saturated heterocycles. The molecule has 3 aromatic rings. The second kappa shape index (κ2) is 7.53. The van der Waals surface area contributed by atoms with Gasteiger partial charge in [-0.2, -0.15) is 0 Å². The van der Waals surface area contributed by atoms with Crippen LogP contribution in [0.2, 0.25) is 0 Å². The zero-order chi connectivity index (χ0) is 16.9. The molecular formula is C19H20N2O2S. The Morgan fingerprint density at radius 3 is 2.62 bits per heavy atom. The van der Waals surface area contributed by atoms with E-state index in [0.717, 1.165) is 16.7 Å². The van der Waals surface area contributed by atoms with Gasteiger partial charge in [0.05, 0.1) is 5.75 Å². The van der Waals surface area contributed by atoms with Crippen LogP contribution in [-0.4, -0.2) is 16.6 Å². The van der Waals surface area contributed by atoms with Crippen LogP contribution in [0.1, 0.15) is 30.9 Å². The maximum Gasteiger partial charge on any atom is 0.257 e. The molecule has 0 aliphatic rings. The number of amides is 1. The lowest BCUT2D eigenvalue weighted by Crippen LogP contribution is -2.24. The Kier molecular flexibility index (Phi) is 5.20. The molecule has 1 amide bonds. The van der Waals surface area contributed by atoms with Crippen molar-refractivity contribution in [3.63, 3.8) is 0 Å². The summed E-state index contributed by atoms with van der Waals surface area (Å²) in [5, 5.41) is 3.44. The summed E-state index contributed by atoms with van der Waals surface area (Å²) in [5.74, 6) is 0.772. The predicted molar refractivity (Wildman–Crippen MR) is 97.1 cm³/mol. The van der Waals surface area contributed by atoms with Gasteiger partial charge in [0, 0.05) is 6.54 Å². The fourth-order valence-corrected chi connectivity index (χ4v) is 2.98. The monoisotopic (exact) mass is 340 g/mol. The molecule has 1 aromatic heterocycles. The van der Waals surface area contributed by atoms with Crippen molar-refractivity contribution in [3.05, 3.63) is 59.7 Å². The first-order chi connectivity index (χ1) is 11.6. The van der Waals surface area contributed by atoms with E-state index in [1.54, 1.807) is 0 Å². The highest BCUT2D eigenvalue weighted by Crippen LogP contribution is 2.22.